The first-order chi connectivity index (χ1) is 10.5. The van der Waals surface area contributed by atoms with Crippen LogP contribution in [-0.2, 0) is 11.2 Å². The topological polar surface area (TPSA) is 62.5 Å². The van der Waals surface area contributed by atoms with E-state index >= 15 is 0 Å². The van der Waals surface area contributed by atoms with Crippen LogP contribution >= 0.6 is 23.2 Å². The van der Waals surface area contributed by atoms with Crippen molar-refractivity contribution < 1.29 is 19.0 Å². The zero-order valence-corrected chi connectivity index (χ0v) is 13.2. The zero-order valence-electron chi connectivity index (χ0n) is 11.7. The second-order valence-electron chi connectivity index (χ2n) is 4.38. The van der Waals surface area contributed by atoms with E-state index in [9.17, 15) is 10.0 Å². The van der Waals surface area contributed by atoms with E-state index < -0.39 is 5.97 Å². The Morgan fingerprint density at radius 2 is 2.09 bits per heavy atom. The number of pyridine rings is 1. The molecular weight excluding hydrogens is 329 g/mol. The number of hydrogen-bond donors (Lipinski definition) is 0. The highest BCUT2D eigenvalue weighted by molar-refractivity contribution is 6.35. The van der Waals surface area contributed by atoms with E-state index in [0.717, 1.165) is 5.56 Å². The first-order valence-electron chi connectivity index (χ1n) is 6.40. The number of hydrogen-bond acceptors (Lipinski definition) is 4. The van der Waals surface area contributed by atoms with Crippen LogP contribution in [0.2, 0.25) is 10.0 Å². The molecule has 0 spiro atoms. The number of methoxy groups -OCH3 is 1. The molecule has 1 heterocycles. The summed E-state index contributed by atoms with van der Waals surface area (Å²) in [6, 6.07) is 8.05. The fourth-order valence-electron chi connectivity index (χ4n) is 1.86. The highest BCUT2D eigenvalue weighted by Crippen LogP contribution is 2.22. The van der Waals surface area contributed by atoms with Crippen LogP contribution in [0.4, 0.5) is 0 Å². The summed E-state index contributed by atoms with van der Waals surface area (Å²) in [5, 5.41) is 12.8. The molecule has 116 valence electrons. The van der Waals surface area contributed by atoms with Gasteiger partial charge in [0.1, 0.15) is 0 Å². The number of carbonyl (C=O) groups is 1. The van der Waals surface area contributed by atoms with Gasteiger partial charge < -0.3 is 14.7 Å². The molecule has 1 aromatic heterocycles. The molecule has 0 amide bonds. The summed E-state index contributed by atoms with van der Waals surface area (Å²) in [5.41, 5.74) is 0.904. The third-order valence-corrected chi connectivity index (χ3v) is 3.53. The first-order valence-corrected chi connectivity index (χ1v) is 7.15. The largest absolute Gasteiger partial charge is 0.616 e. The fourth-order valence-corrected chi connectivity index (χ4v) is 2.37. The Balaban J connectivity index is 2.10. The van der Waals surface area contributed by atoms with Gasteiger partial charge in [0.2, 0.25) is 0 Å². The quantitative estimate of drug-likeness (QED) is 0.476. The van der Waals surface area contributed by atoms with E-state index in [1.165, 1.54) is 25.4 Å². The lowest BCUT2D eigenvalue weighted by molar-refractivity contribution is -0.613. The Morgan fingerprint density at radius 1 is 1.32 bits per heavy atom. The highest BCUT2D eigenvalue weighted by Gasteiger charge is 2.21. The van der Waals surface area contributed by atoms with Crippen molar-refractivity contribution in [3.8, 4) is 5.88 Å². The number of carbonyl (C=O) groups excluding carboxylic acids is 1. The predicted molar refractivity (Wildman–Crippen MR) is 82.4 cm³/mol. The summed E-state index contributed by atoms with van der Waals surface area (Å²) in [4.78, 5) is 11.6. The van der Waals surface area contributed by atoms with Crippen molar-refractivity contribution in [2.45, 2.75) is 6.42 Å². The van der Waals surface area contributed by atoms with Crippen LogP contribution < -0.4 is 9.47 Å². The summed E-state index contributed by atoms with van der Waals surface area (Å²) in [6.45, 7) is 0.178. The minimum Gasteiger partial charge on any atom is -0.616 e. The molecule has 5 nitrogen and oxygen atoms in total. The lowest BCUT2D eigenvalue weighted by atomic mass is 10.1. The second-order valence-corrected chi connectivity index (χ2v) is 5.22. The van der Waals surface area contributed by atoms with E-state index in [0.29, 0.717) is 21.2 Å². The molecule has 0 unspecified atom stereocenters. The van der Waals surface area contributed by atoms with Gasteiger partial charge in [-0.05, 0) is 23.8 Å². The van der Waals surface area contributed by atoms with Gasteiger partial charge in [-0.25, -0.2) is 4.79 Å². The number of ether oxygens (including phenoxy) is 2. The van der Waals surface area contributed by atoms with Crippen LogP contribution in [0, 0.1) is 5.21 Å². The van der Waals surface area contributed by atoms with Gasteiger partial charge in [-0.15, -0.1) is 4.73 Å². The number of aromatic nitrogens is 1. The normalized spacial score (nSPS) is 10.3. The molecule has 0 fully saturated rings. The van der Waals surface area contributed by atoms with E-state index in [1.54, 1.807) is 18.2 Å². The summed E-state index contributed by atoms with van der Waals surface area (Å²) >= 11 is 11.9. The number of esters is 1. The van der Waals surface area contributed by atoms with Crippen molar-refractivity contribution in [1.82, 2.24) is 0 Å². The molecule has 0 N–H and O–H groups in total. The molecule has 7 heteroatoms. The Morgan fingerprint density at radius 3 is 2.77 bits per heavy atom. The molecule has 0 saturated heterocycles. The van der Waals surface area contributed by atoms with Gasteiger partial charge >= 0.3 is 11.8 Å². The van der Waals surface area contributed by atoms with E-state index in [2.05, 4.69) is 4.74 Å². The minimum atomic E-state index is -0.635. The van der Waals surface area contributed by atoms with Crippen LogP contribution in [-0.4, -0.2) is 19.7 Å². The molecule has 0 atom stereocenters. The molecule has 2 rings (SSSR count). The molecule has 0 aliphatic rings. The van der Waals surface area contributed by atoms with Gasteiger partial charge in [0.15, 0.2) is 11.8 Å². The molecule has 0 radical (unpaired) electrons. The third kappa shape index (κ3) is 3.81. The van der Waals surface area contributed by atoms with Crippen LogP contribution in [0.3, 0.4) is 0 Å². The van der Waals surface area contributed by atoms with Gasteiger partial charge in [0.25, 0.3) is 0 Å². The third-order valence-electron chi connectivity index (χ3n) is 2.95. The molecule has 0 saturated carbocycles. The van der Waals surface area contributed by atoms with Gasteiger partial charge in [0.05, 0.1) is 13.7 Å². The highest BCUT2D eigenvalue weighted by atomic mass is 35.5. The zero-order chi connectivity index (χ0) is 16.1. The maximum Gasteiger partial charge on any atom is 0.394 e. The van der Waals surface area contributed by atoms with Gasteiger partial charge in [0, 0.05) is 22.5 Å². The number of halogens is 2. The van der Waals surface area contributed by atoms with Crippen LogP contribution in [0.15, 0.2) is 36.5 Å². The molecule has 0 bridgehead atoms. The number of nitrogens with zero attached hydrogens (tertiary/aromatic N) is 1. The van der Waals surface area contributed by atoms with Crippen molar-refractivity contribution in [3.63, 3.8) is 0 Å². The average Bonchev–Trinajstić information content (AvgIpc) is 2.50. The van der Waals surface area contributed by atoms with E-state index in [1.807, 2.05) is 0 Å². The van der Waals surface area contributed by atoms with Crippen LogP contribution in [0.5, 0.6) is 5.88 Å². The minimum absolute atomic E-state index is 0.0715. The molecule has 22 heavy (non-hydrogen) atoms. The van der Waals surface area contributed by atoms with Crippen LogP contribution in [0.1, 0.15) is 15.9 Å². The lowest BCUT2D eigenvalue weighted by Crippen LogP contribution is -2.31. The smallest absolute Gasteiger partial charge is 0.394 e. The van der Waals surface area contributed by atoms with E-state index in [4.69, 9.17) is 27.9 Å². The maximum atomic E-state index is 11.8. The van der Waals surface area contributed by atoms with E-state index in [-0.39, 0.29) is 18.1 Å². The van der Waals surface area contributed by atoms with Crippen molar-refractivity contribution in [3.05, 3.63) is 62.9 Å². The Kier molecular flexibility index (Phi) is 5.46. The Hall–Kier alpha value is -1.98. The van der Waals surface area contributed by atoms with Crippen molar-refractivity contribution in [1.29, 1.82) is 0 Å². The molecule has 0 aliphatic carbocycles. The molecule has 0 aliphatic heterocycles. The summed E-state index contributed by atoms with van der Waals surface area (Å²) in [6.07, 6.45) is 1.71. The van der Waals surface area contributed by atoms with Gasteiger partial charge in [-0.2, -0.15) is 0 Å². The van der Waals surface area contributed by atoms with Crippen LogP contribution in [0.25, 0.3) is 0 Å². The predicted octanol–water partition coefficient (Wildman–Crippen LogP) is 3.03. The van der Waals surface area contributed by atoms with Gasteiger partial charge in [-0.3, -0.25) is 0 Å². The molecule has 1 aromatic carbocycles. The van der Waals surface area contributed by atoms with Gasteiger partial charge in [-0.1, -0.05) is 29.3 Å². The lowest BCUT2D eigenvalue weighted by Gasteiger charge is -2.10. The summed E-state index contributed by atoms with van der Waals surface area (Å²) in [5.74, 6) is -0.732. The SMILES string of the molecule is COC(=O)c1ccc[n+]([O-])c1OCCc1ccc(Cl)cc1Cl. The van der Waals surface area contributed by atoms with Crippen molar-refractivity contribution >= 4 is 29.2 Å². The van der Waals surface area contributed by atoms with Crippen molar-refractivity contribution in [2.24, 2.45) is 0 Å². The molecular formula is C15H13Cl2NO4. The number of benzene rings is 1. The summed E-state index contributed by atoms with van der Waals surface area (Å²) < 4.78 is 10.5. The maximum absolute atomic E-state index is 11.8. The first kappa shape index (κ1) is 16.4. The fraction of sp³-hybridized carbons (Fsp3) is 0.200. The average molecular weight is 342 g/mol. The monoisotopic (exact) mass is 341 g/mol. The Labute approximate surface area is 137 Å². The van der Waals surface area contributed by atoms with Crippen molar-refractivity contribution in [2.75, 3.05) is 13.7 Å². The molecule has 2 aromatic rings. The summed E-state index contributed by atoms with van der Waals surface area (Å²) in [7, 11) is 1.24. The number of rotatable bonds is 5. The Bertz CT molecular complexity index is 691. The standard InChI is InChI=1S/C15H13Cl2NO4/c1-21-15(19)12-3-2-7-18(20)14(12)22-8-6-10-4-5-11(16)9-13(10)17/h2-5,7,9H,6,8H2,1H3. The second kappa shape index (κ2) is 7.33.